The highest BCUT2D eigenvalue weighted by molar-refractivity contribution is 9.10. The molecule has 0 atom stereocenters. The Morgan fingerprint density at radius 1 is 1.58 bits per heavy atom. The lowest BCUT2D eigenvalue weighted by molar-refractivity contribution is 0.102. The zero-order chi connectivity index (χ0) is 9.14. The van der Waals surface area contributed by atoms with Crippen molar-refractivity contribution in [3.05, 3.63) is 28.2 Å². The van der Waals surface area contributed by atoms with E-state index in [1.165, 1.54) is 0 Å². The summed E-state index contributed by atoms with van der Waals surface area (Å²) in [5.74, 6) is -0.187. The van der Waals surface area contributed by atoms with Crippen LogP contribution < -0.4 is 5.73 Å². The van der Waals surface area contributed by atoms with Gasteiger partial charge in [0.1, 0.15) is 0 Å². The summed E-state index contributed by atoms with van der Waals surface area (Å²) < 4.78 is 0.853. The number of nitrogens with two attached hydrogens (primary N) is 1. The normalized spacial score (nSPS) is 9.83. The topological polar surface area (TPSA) is 43.1 Å². The van der Waals surface area contributed by atoms with Gasteiger partial charge in [-0.3, -0.25) is 4.79 Å². The van der Waals surface area contributed by atoms with Gasteiger partial charge in [0.2, 0.25) is 0 Å². The quantitative estimate of drug-likeness (QED) is 0.496. The number of benzene rings is 1. The van der Waals surface area contributed by atoms with Crippen molar-refractivity contribution < 1.29 is 4.79 Å². The third-order valence-corrected chi connectivity index (χ3v) is 2.17. The zero-order valence-electron chi connectivity index (χ0n) is 6.18. The number of Topliss-reactive ketones (excluding diaryl/α,β-unsaturated/α-hetero) is 1. The van der Waals surface area contributed by atoms with Crippen molar-refractivity contribution in [3.63, 3.8) is 0 Å². The molecular weight excluding hydrogens is 241 g/mol. The van der Waals surface area contributed by atoms with Crippen LogP contribution >= 0.6 is 27.5 Å². The number of ketones is 1. The van der Waals surface area contributed by atoms with Gasteiger partial charge in [-0.15, -0.1) is 11.6 Å². The molecular formula is C8H7BrClNO. The van der Waals surface area contributed by atoms with Crippen molar-refractivity contribution in [2.75, 3.05) is 11.6 Å². The molecule has 0 aliphatic carbocycles. The highest BCUT2D eigenvalue weighted by atomic mass is 79.9. The molecule has 0 unspecified atom stereocenters. The molecule has 12 heavy (non-hydrogen) atoms. The molecule has 2 N–H and O–H groups in total. The van der Waals surface area contributed by atoms with E-state index in [-0.39, 0.29) is 11.7 Å². The highest BCUT2D eigenvalue weighted by Gasteiger charge is 2.07. The van der Waals surface area contributed by atoms with E-state index in [1.54, 1.807) is 18.2 Å². The Kier molecular flexibility index (Phi) is 3.12. The fraction of sp³-hybridized carbons (Fsp3) is 0.125. The Hall–Kier alpha value is -0.540. The lowest BCUT2D eigenvalue weighted by Gasteiger charge is -2.01. The summed E-state index contributed by atoms with van der Waals surface area (Å²) in [4.78, 5) is 11.1. The first-order valence-electron chi connectivity index (χ1n) is 3.29. The van der Waals surface area contributed by atoms with Crippen LogP contribution in [0.1, 0.15) is 10.4 Å². The van der Waals surface area contributed by atoms with Crippen LogP contribution in [0.5, 0.6) is 0 Å². The molecule has 64 valence electrons. The number of rotatable bonds is 2. The first kappa shape index (κ1) is 9.55. The Morgan fingerprint density at radius 2 is 2.25 bits per heavy atom. The van der Waals surface area contributed by atoms with E-state index in [9.17, 15) is 4.79 Å². The number of alkyl halides is 1. The summed E-state index contributed by atoms with van der Waals surface area (Å²) in [6, 6.07) is 5.10. The Bertz CT molecular complexity index is 314. The second-order valence-corrected chi connectivity index (χ2v) is 3.47. The number of anilines is 1. The van der Waals surface area contributed by atoms with Gasteiger partial charge in [-0.2, -0.15) is 0 Å². The molecule has 1 aromatic rings. The van der Waals surface area contributed by atoms with Gasteiger partial charge in [0, 0.05) is 15.7 Å². The average molecular weight is 249 g/mol. The molecule has 2 nitrogen and oxygen atoms in total. The molecule has 0 spiro atoms. The molecule has 0 heterocycles. The van der Waals surface area contributed by atoms with Gasteiger partial charge < -0.3 is 5.73 Å². The zero-order valence-corrected chi connectivity index (χ0v) is 8.52. The lowest BCUT2D eigenvalue weighted by Crippen LogP contribution is -2.04. The van der Waals surface area contributed by atoms with Crippen LogP contribution in [-0.4, -0.2) is 11.7 Å². The van der Waals surface area contributed by atoms with Gasteiger partial charge in [0.05, 0.1) is 5.88 Å². The monoisotopic (exact) mass is 247 g/mol. The first-order chi connectivity index (χ1) is 5.65. The second kappa shape index (κ2) is 3.92. The van der Waals surface area contributed by atoms with Gasteiger partial charge in [0.15, 0.2) is 5.78 Å². The predicted molar refractivity (Wildman–Crippen MR) is 53.6 cm³/mol. The minimum atomic E-state index is -0.151. The van der Waals surface area contributed by atoms with E-state index in [2.05, 4.69) is 15.9 Å². The van der Waals surface area contributed by atoms with Crippen molar-refractivity contribution >= 4 is 39.0 Å². The third kappa shape index (κ3) is 1.99. The van der Waals surface area contributed by atoms with Crippen molar-refractivity contribution in [3.8, 4) is 0 Å². The van der Waals surface area contributed by atoms with E-state index >= 15 is 0 Å². The Balaban J connectivity index is 3.09. The van der Waals surface area contributed by atoms with Gasteiger partial charge in [-0.1, -0.05) is 15.9 Å². The molecule has 0 radical (unpaired) electrons. The summed E-state index contributed by atoms with van der Waals surface area (Å²) in [7, 11) is 0. The predicted octanol–water partition coefficient (Wildman–Crippen LogP) is 2.45. The fourth-order valence-electron chi connectivity index (χ4n) is 0.860. The maximum Gasteiger partial charge on any atom is 0.179 e. The largest absolute Gasteiger partial charge is 0.398 e. The first-order valence-corrected chi connectivity index (χ1v) is 4.62. The van der Waals surface area contributed by atoms with Crippen molar-refractivity contribution in [2.45, 2.75) is 0 Å². The van der Waals surface area contributed by atoms with Crippen molar-refractivity contribution in [1.29, 1.82) is 0 Å². The molecule has 0 saturated heterocycles. The summed E-state index contributed by atoms with van der Waals surface area (Å²) in [5.41, 5.74) is 6.52. The lowest BCUT2D eigenvalue weighted by atomic mass is 10.1. The standard InChI is InChI=1S/C8H7BrClNO/c9-5-1-2-6(7(11)3-5)8(12)4-10/h1-3H,4,11H2. The second-order valence-electron chi connectivity index (χ2n) is 2.29. The number of nitrogen functional groups attached to an aromatic ring is 1. The Morgan fingerprint density at radius 3 is 2.75 bits per heavy atom. The number of hydrogen-bond acceptors (Lipinski definition) is 2. The SMILES string of the molecule is Nc1cc(Br)ccc1C(=O)CCl. The van der Waals surface area contributed by atoms with E-state index in [1.807, 2.05) is 0 Å². The number of carbonyl (C=O) groups is 1. The van der Waals surface area contributed by atoms with Crippen molar-refractivity contribution in [2.24, 2.45) is 0 Å². The maximum atomic E-state index is 11.1. The highest BCUT2D eigenvalue weighted by Crippen LogP contribution is 2.19. The van der Waals surface area contributed by atoms with Crippen LogP contribution in [-0.2, 0) is 0 Å². The van der Waals surface area contributed by atoms with E-state index in [0.717, 1.165) is 4.47 Å². The van der Waals surface area contributed by atoms with Crippen LogP contribution in [0.3, 0.4) is 0 Å². The number of hydrogen-bond donors (Lipinski definition) is 1. The van der Waals surface area contributed by atoms with Gasteiger partial charge in [-0.05, 0) is 18.2 Å². The Labute approximate surface area is 83.8 Å². The van der Waals surface area contributed by atoms with E-state index in [0.29, 0.717) is 11.3 Å². The molecule has 0 saturated carbocycles. The maximum absolute atomic E-state index is 11.1. The van der Waals surface area contributed by atoms with Gasteiger partial charge in [-0.25, -0.2) is 0 Å². The van der Waals surface area contributed by atoms with Crippen LogP contribution in [0.25, 0.3) is 0 Å². The average Bonchev–Trinajstić information content (AvgIpc) is 2.03. The van der Waals surface area contributed by atoms with E-state index in [4.69, 9.17) is 17.3 Å². The summed E-state index contributed by atoms with van der Waals surface area (Å²) in [6.45, 7) is 0. The van der Waals surface area contributed by atoms with Crippen LogP contribution in [0.2, 0.25) is 0 Å². The van der Waals surface area contributed by atoms with Gasteiger partial charge in [0.25, 0.3) is 0 Å². The molecule has 1 aromatic carbocycles. The molecule has 0 aliphatic rings. The molecule has 0 bridgehead atoms. The summed E-state index contributed by atoms with van der Waals surface area (Å²) >= 11 is 8.62. The molecule has 0 fully saturated rings. The minimum Gasteiger partial charge on any atom is -0.398 e. The van der Waals surface area contributed by atoms with Crippen LogP contribution in [0, 0.1) is 0 Å². The molecule has 0 aliphatic heterocycles. The molecule has 4 heteroatoms. The summed E-state index contributed by atoms with van der Waals surface area (Å²) in [5, 5.41) is 0. The molecule has 0 amide bonds. The number of carbonyl (C=O) groups excluding carboxylic acids is 1. The minimum absolute atomic E-state index is 0.0359. The van der Waals surface area contributed by atoms with Crippen LogP contribution in [0.4, 0.5) is 5.69 Å². The molecule has 0 aromatic heterocycles. The van der Waals surface area contributed by atoms with Crippen molar-refractivity contribution in [1.82, 2.24) is 0 Å². The van der Waals surface area contributed by atoms with Crippen LogP contribution in [0.15, 0.2) is 22.7 Å². The number of halogens is 2. The smallest absolute Gasteiger partial charge is 0.179 e. The van der Waals surface area contributed by atoms with E-state index < -0.39 is 0 Å². The fourth-order valence-corrected chi connectivity index (χ4v) is 1.38. The van der Waals surface area contributed by atoms with Gasteiger partial charge >= 0.3 is 0 Å². The molecule has 1 rings (SSSR count). The third-order valence-electron chi connectivity index (χ3n) is 1.44. The summed E-state index contributed by atoms with van der Waals surface area (Å²) in [6.07, 6.45) is 0.